The highest BCUT2D eigenvalue weighted by Crippen LogP contribution is 2.34. The third-order valence-corrected chi connectivity index (χ3v) is 3.06. The highest BCUT2D eigenvalue weighted by atomic mass is 19.1. The molecule has 0 amide bonds. The van der Waals surface area contributed by atoms with Gasteiger partial charge in [0.25, 0.3) is 0 Å². The van der Waals surface area contributed by atoms with Crippen LogP contribution in [0.15, 0.2) is 23.2 Å². The molecule has 0 saturated heterocycles. The minimum Gasteiger partial charge on any atom is -0.492 e. The molecular weight excluding hydrogens is 247 g/mol. The van der Waals surface area contributed by atoms with E-state index < -0.39 is 0 Å². The largest absolute Gasteiger partial charge is 0.492 e. The van der Waals surface area contributed by atoms with Gasteiger partial charge in [0, 0.05) is 24.4 Å². The molecular formula is C13H11FN4O. The van der Waals surface area contributed by atoms with Crippen molar-refractivity contribution in [2.75, 3.05) is 5.73 Å². The fraction of sp³-hybridized carbons (Fsp3) is 0.0769. The van der Waals surface area contributed by atoms with Crippen molar-refractivity contribution in [1.29, 1.82) is 0 Å². The zero-order chi connectivity index (χ0) is 13.6. The van der Waals surface area contributed by atoms with E-state index in [2.05, 4.69) is 9.98 Å². The van der Waals surface area contributed by atoms with E-state index in [1.165, 1.54) is 12.1 Å². The van der Waals surface area contributed by atoms with E-state index in [0.29, 0.717) is 22.5 Å². The second kappa shape index (κ2) is 3.94. The molecule has 5 nitrogen and oxygen atoms in total. The van der Waals surface area contributed by atoms with E-state index in [4.69, 9.17) is 5.73 Å². The molecule has 0 bridgehead atoms. The number of imidazole rings is 1. The van der Waals surface area contributed by atoms with Crippen LogP contribution >= 0.6 is 0 Å². The smallest absolute Gasteiger partial charge is 0.238 e. The maximum absolute atomic E-state index is 13.3. The fourth-order valence-electron chi connectivity index (χ4n) is 2.00. The number of nitrogen functional groups attached to an aromatic ring is 1. The van der Waals surface area contributed by atoms with Gasteiger partial charge in [-0.25, -0.2) is 4.39 Å². The highest BCUT2D eigenvalue weighted by molar-refractivity contribution is 6.21. The van der Waals surface area contributed by atoms with Gasteiger partial charge in [-0.2, -0.15) is 4.98 Å². The molecule has 0 radical (unpaired) electrons. The number of fused-ring (bicyclic) bond motifs is 1. The predicted octanol–water partition coefficient (Wildman–Crippen LogP) is 2.10. The molecule has 1 aliphatic heterocycles. The Morgan fingerprint density at radius 3 is 2.89 bits per heavy atom. The third-order valence-electron chi connectivity index (χ3n) is 3.06. The molecule has 0 unspecified atom stereocenters. The van der Waals surface area contributed by atoms with Crippen LogP contribution in [-0.4, -0.2) is 20.9 Å². The van der Waals surface area contributed by atoms with Crippen molar-refractivity contribution in [2.45, 2.75) is 0 Å². The van der Waals surface area contributed by atoms with Crippen LogP contribution in [-0.2, 0) is 7.05 Å². The van der Waals surface area contributed by atoms with Crippen molar-refractivity contribution in [3.63, 3.8) is 0 Å². The predicted molar refractivity (Wildman–Crippen MR) is 71.7 cm³/mol. The summed E-state index contributed by atoms with van der Waals surface area (Å²) in [6.45, 7) is 0. The first-order valence-corrected chi connectivity index (χ1v) is 5.63. The number of benzene rings is 1. The summed E-state index contributed by atoms with van der Waals surface area (Å²) in [6.07, 6.45) is 3.29. The molecule has 6 heteroatoms. The lowest BCUT2D eigenvalue weighted by Gasteiger charge is -2.02. The number of aliphatic imine (C=N–C) groups is 1. The van der Waals surface area contributed by atoms with Crippen molar-refractivity contribution in [3.05, 3.63) is 35.3 Å². The summed E-state index contributed by atoms with van der Waals surface area (Å²) in [4.78, 5) is 7.94. The number of anilines is 1. The quantitative estimate of drug-likeness (QED) is 0.822. The fourth-order valence-corrected chi connectivity index (χ4v) is 2.00. The molecule has 0 atom stereocenters. The van der Waals surface area contributed by atoms with Gasteiger partial charge < -0.3 is 15.4 Å². The van der Waals surface area contributed by atoms with Crippen LogP contribution in [0.5, 0.6) is 5.88 Å². The number of nitrogens with zero attached hydrogens (tertiary/aromatic N) is 3. The van der Waals surface area contributed by atoms with Crippen LogP contribution in [0.2, 0.25) is 0 Å². The van der Waals surface area contributed by atoms with E-state index in [-0.39, 0.29) is 17.6 Å². The Labute approximate surface area is 108 Å². The van der Waals surface area contributed by atoms with Crippen LogP contribution in [0, 0.1) is 5.82 Å². The standard InChI is InChI=1S/C13H11FN4O/c1-18-11(12(19)17-13(18)15)4-7-6-16-10-3-2-8(14)5-9(7)10/h2-6,19H,1H3,(H2,15,17)/b7-4-. The summed E-state index contributed by atoms with van der Waals surface area (Å²) in [6, 6.07) is 4.38. The molecule has 1 aliphatic rings. The Balaban J connectivity index is 2.13. The first-order valence-electron chi connectivity index (χ1n) is 5.63. The number of allylic oxidation sites excluding steroid dienone is 1. The molecule has 1 aromatic carbocycles. The Kier molecular flexibility index (Phi) is 2.38. The van der Waals surface area contributed by atoms with Gasteiger partial charge in [0.2, 0.25) is 11.8 Å². The van der Waals surface area contributed by atoms with Crippen molar-refractivity contribution in [3.8, 4) is 5.88 Å². The number of hydrogen-bond donors (Lipinski definition) is 2. The highest BCUT2D eigenvalue weighted by Gasteiger charge is 2.16. The lowest BCUT2D eigenvalue weighted by atomic mass is 10.1. The van der Waals surface area contributed by atoms with Crippen molar-refractivity contribution in [2.24, 2.45) is 12.0 Å². The maximum Gasteiger partial charge on any atom is 0.238 e. The summed E-state index contributed by atoms with van der Waals surface area (Å²) in [7, 11) is 1.69. The topological polar surface area (TPSA) is 76.4 Å². The number of aromatic hydroxyl groups is 1. The van der Waals surface area contributed by atoms with Gasteiger partial charge in [0.1, 0.15) is 11.5 Å². The average molecular weight is 258 g/mol. The second-order valence-electron chi connectivity index (χ2n) is 4.26. The minimum atomic E-state index is -0.330. The summed E-state index contributed by atoms with van der Waals surface area (Å²) in [5, 5.41) is 9.70. The molecule has 0 saturated carbocycles. The Bertz CT molecular complexity index is 730. The summed E-state index contributed by atoms with van der Waals surface area (Å²) < 4.78 is 14.8. The van der Waals surface area contributed by atoms with Gasteiger partial charge in [-0.05, 0) is 24.3 Å². The van der Waals surface area contributed by atoms with Gasteiger partial charge in [0.05, 0.1) is 5.69 Å². The normalized spacial score (nSPS) is 15.2. The molecule has 0 fully saturated rings. The lowest BCUT2D eigenvalue weighted by molar-refractivity contribution is 0.455. The Hall–Kier alpha value is -2.63. The van der Waals surface area contributed by atoms with Crippen LogP contribution in [0.4, 0.5) is 16.0 Å². The van der Waals surface area contributed by atoms with E-state index in [0.717, 1.165) is 0 Å². The van der Waals surface area contributed by atoms with Gasteiger partial charge in [-0.1, -0.05) is 0 Å². The minimum absolute atomic E-state index is 0.161. The summed E-state index contributed by atoms with van der Waals surface area (Å²) in [5.41, 5.74) is 8.14. The molecule has 3 rings (SSSR count). The molecule has 0 aliphatic carbocycles. The Morgan fingerprint density at radius 1 is 1.42 bits per heavy atom. The monoisotopic (exact) mass is 258 g/mol. The first kappa shape index (κ1) is 11.5. The number of nitrogens with two attached hydrogens (primary N) is 1. The molecule has 1 aromatic heterocycles. The number of hydrogen-bond acceptors (Lipinski definition) is 4. The number of halogens is 1. The molecule has 0 spiro atoms. The third kappa shape index (κ3) is 1.77. The molecule has 96 valence electrons. The molecule has 19 heavy (non-hydrogen) atoms. The maximum atomic E-state index is 13.3. The van der Waals surface area contributed by atoms with E-state index in [9.17, 15) is 9.50 Å². The zero-order valence-corrected chi connectivity index (χ0v) is 10.1. The van der Waals surface area contributed by atoms with Gasteiger partial charge >= 0.3 is 0 Å². The first-order chi connectivity index (χ1) is 9.06. The van der Waals surface area contributed by atoms with E-state index in [1.807, 2.05) is 0 Å². The SMILES string of the molecule is Cn1c(N)nc(O)c1/C=C1/C=Nc2ccc(F)cc21. The average Bonchev–Trinajstić information content (AvgIpc) is 2.86. The van der Waals surface area contributed by atoms with Crippen molar-refractivity contribution >= 4 is 29.5 Å². The summed E-state index contributed by atoms with van der Waals surface area (Å²) in [5.74, 6) is -0.284. The number of rotatable bonds is 1. The molecule has 2 aromatic rings. The Morgan fingerprint density at radius 2 is 2.21 bits per heavy atom. The van der Waals surface area contributed by atoms with Crippen LogP contribution < -0.4 is 5.73 Å². The van der Waals surface area contributed by atoms with Crippen LogP contribution in [0.3, 0.4) is 0 Å². The molecule has 3 N–H and O–H groups in total. The molecule has 2 heterocycles. The van der Waals surface area contributed by atoms with E-state index >= 15 is 0 Å². The number of aromatic nitrogens is 2. The van der Waals surface area contributed by atoms with Gasteiger partial charge in [-0.15, -0.1) is 0 Å². The lowest BCUT2D eigenvalue weighted by Crippen LogP contribution is -1.98. The van der Waals surface area contributed by atoms with Gasteiger partial charge in [-0.3, -0.25) is 4.99 Å². The van der Waals surface area contributed by atoms with Crippen molar-refractivity contribution < 1.29 is 9.50 Å². The van der Waals surface area contributed by atoms with E-state index in [1.54, 1.807) is 30.0 Å². The summed E-state index contributed by atoms with van der Waals surface area (Å²) >= 11 is 0. The second-order valence-corrected chi connectivity index (χ2v) is 4.26. The van der Waals surface area contributed by atoms with Crippen LogP contribution in [0.1, 0.15) is 11.3 Å². The van der Waals surface area contributed by atoms with Crippen LogP contribution in [0.25, 0.3) is 11.6 Å². The van der Waals surface area contributed by atoms with Crippen molar-refractivity contribution in [1.82, 2.24) is 9.55 Å². The van der Waals surface area contributed by atoms with Gasteiger partial charge in [0.15, 0.2) is 0 Å². The zero-order valence-electron chi connectivity index (χ0n) is 10.1.